The number of fused-ring (bicyclic) bond motifs is 1. The zero-order valence-corrected chi connectivity index (χ0v) is 21.3. The highest BCUT2D eigenvalue weighted by molar-refractivity contribution is 9.10. The number of pyridine rings is 1. The van der Waals surface area contributed by atoms with Crippen LogP contribution in [0.2, 0.25) is 0 Å². The summed E-state index contributed by atoms with van der Waals surface area (Å²) < 4.78 is 20.9. The molecule has 1 aliphatic carbocycles. The second-order valence-electron chi connectivity index (χ2n) is 8.83. The maximum atomic E-state index is 14.2. The van der Waals surface area contributed by atoms with Crippen LogP contribution in [0.15, 0.2) is 56.7 Å². The number of aromatic nitrogens is 1. The van der Waals surface area contributed by atoms with Gasteiger partial charge in [0.05, 0.1) is 17.0 Å². The minimum absolute atomic E-state index is 0.182. The summed E-state index contributed by atoms with van der Waals surface area (Å²) in [5, 5.41) is 4.38. The highest BCUT2D eigenvalue weighted by Gasteiger charge is 2.32. The van der Waals surface area contributed by atoms with Gasteiger partial charge in [0.2, 0.25) is 0 Å². The van der Waals surface area contributed by atoms with Crippen molar-refractivity contribution >= 4 is 39.1 Å². The van der Waals surface area contributed by atoms with E-state index in [2.05, 4.69) is 31.4 Å². The Kier molecular flexibility index (Phi) is 6.86. The number of nitrogens with one attached hydrogen (secondary N) is 1. The summed E-state index contributed by atoms with van der Waals surface area (Å²) in [6.07, 6.45) is 5.25. The number of rotatable bonds is 4. The van der Waals surface area contributed by atoms with Gasteiger partial charge in [-0.25, -0.2) is 9.82 Å². The summed E-state index contributed by atoms with van der Waals surface area (Å²) in [6.45, 7) is 3.86. The van der Waals surface area contributed by atoms with Crippen molar-refractivity contribution in [3.05, 3.63) is 81.2 Å². The lowest BCUT2D eigenvalue weighted by atomic mass is 9.93. The number of hydrogen-bond acceptors (Lipinski definition) is 6. The first-order valence-corrected chi connectivity index (χ1v) is 12.6. The van der Waals surface area contributed by atoms with Crippen molar-refractivity contribution < 1.29 is 18.4 Å². The number of para-hydroxylation sites is 1. The van der Waals surface area contributed by atoms with E-state index in [1.807, 2.05) is 17.9 Å². The molecule has 36 heavy (non-hydrogen) atoms. The first-order valence-electron chi connectivity index (χ1n) is 11.8. The molecule has 3 aromatic rings. The normalized spacial score (nSPS) is 16.7. The SMILES string of the molecule is Cc1c(C(=O)N2CCN(c3ccccc3F)CC2)oc2c1/C(=N/NC(=O)c1cncc(Br)c1)CCC2. The molecule has 1 aromatic carbocycles. The zero-order valence-electron chi connectivity index (χ0n) is 19.8. The van der Waals surface area contributed by atoms with Crippen molar-refractivity contribution in [1.82, 2.24) is 15.3 Å². The van der Waals surface area contributed by atoms with Crippen LogP contribution >= 0.6 is 15.9 Å². The smallest absolute Gasteiger partial charge is 0.289 e. The predicted octanol–water partition coefficient (Wildman–Crippen LogP) is 4.32. The number of aryl methyl sites for hydroxylation is 1. The number of carbonyl (C=O) groups excluding carboxylic acids is 2. The molecule has 8 nitrogen and oxygen atoms in total. The Balaban J connectivity index is 1.31. The summed E-state index contributed by atoms with van der Waals surface area (Å²) in [5.74, 6) is 0.204. The lowest BCUT2D eigenvalue weighted by molar-refractivity contribution is 0.0711. The number of hydrogen-bond donors (Lipinski definition) is 1. The lowest BCUT2D eigenvalue weighted by Crippen LogP contribution is -2.49. The number of nitrogens with zero attached hydrogens (tertiary/aromatic N) is 4. The first-order chi connectivity index (χ1) is 17.4. The van der Waals surface area contributed by atoms with Gasteiger partial charge in [-0.1, -0.05) is 12.1 Å². The van der Waals surface area contributed by atoms with E-state index in [1.165, 1.54) is 12.3 Å². The van der Waals surface area contributed by atoms with E-state index < -0.39 is 0 Å². The number of carbonyl (C=O) groups is 2. The Morgan fingerprint density at radius 2 is 1.92 bits per heavy atom. The molecule has 0 unspecified atom stereocenters. The Hall–Kier alpha value is -3.53. The highest BCUT2D eigenvalue weighted by atomic mass is 79.9. The maximum Gasteiger partial charge on any atom is 0.289 e. The summed E-state index contributed by atoms with van der Waals surface area (Å²) in [5.41, 5.74) is 5.76. The van der Waals surface area contributed by atoms with Crippen LogP contribution in [0.25, 0.3) is 0 Å². The van der Waals surface area contributed by atoms with Crippen LogP contribution in [0.1, 0.15) is 50.6 Å². The van der Waals surface area contributed by atoms with E-state index in [0.717, 1.165) is 17.5 Å². The zero-order chi connectivity index (χ0) is 25.2. The minimum atomic E-state index is -0.367. The van der Waals surface area contributed by atoms with Crippen LogP contribution in [-0.2, 0) is 6.42 Å². The van der Waals surface area contributed by atoms with Crippen LogP contribution < -0.4 is 10.3 Å². The van der Waals surface area contributed by atoms with Gasteiger partial charge in [-0.2, -0.15) is 5.10 Å². The van der Waals surface area contributed by atoms with Crippen molar-refractivity contribution in [3.8, 4) is 0 Å². The molecule has 0 spiro atoms. The quantitative estimate of drug-likeness (QED) is 0.486. The summed E-state index contributed by atoms with van der Waals surface area (Å²) in [6, 6.07) is 8.34. The van der Waals surface area contributed by atoms with E-state index in [4.69, 9.17) is 4.42 Å². The number of amides is 2. The second-order valence-corrected chi connectivity index (χ2v) is 9.75. The Morgan fingerprint density at radius 3 is 2.67 bits per heavy atom. The average Bonchev–Trinajstić information content (AvgIpc) is 3.24. The third kappa shape index (κ3) is 4.77. The minimum Gasteiger partial charge on any atom is -0.455 e. The third-order valence-electron chi connectivity index (χ3n) is 6.54. The van der Waals surface area contributed by atoms with E-state index in [-0.39, 0.29) is 17.6 Å². The van der Waals surface area contributed by atoms with Crippen molar-refractivity contribution in [3.63, 3.8) is 0 Å². The van der Waals surface area contributed by atoms with Crippen molar-refractivity contribution in [2.75, 3.05) is 31.1 Å². The fourth-order valence-electron chi connectivity index (χ4n) is 4.71. The molecular weight excluding hydrogens is 529 g/mol. The topological polar surface area (TPSA) is 91.0 Å². The maximum absolute atomic E-state index is 14.2. The van der Waals surface area contributed by atoms with E-state index in [0.29, 0.717) is 72.0 Å². The number of hydrazone groups is 1. The summed E-state index contributed by atoms with van der Waals surface area (Å²) >= 11 is 3.31. The van der Waals surface area contributed by atoms with Crippen LogP contribution in [0, 0.1) is 12.7 Å². The number of piperazine rings is 1. The molecule has 1 saturated heterocycles. The molecule has 1 N–H and O–H groups in total. The van der Waals surface area contributed by atoms with Crippen molar-refractivity contribution in [2.24, 2.45) is 5.10 Å². The van der Waals surface area contributed by atoms with Gasteiger partial charge in [-0.15, -0.1) is 0 Å². The van der Waals surface area contributed by atoms with Crippen LogP contribution in [0.4, 0.5) is 10.1 Å². The Bertz CT molecular complexity index is 1350. The summed E-state index contributed by atoms with van der Waals surface area (Å²) in [7, 11) is 0. The lowest BCUT2D eigenvalue weighted by Gasteiger charge is -2.35. The molecule has 0 radical (unpaired) electrons. The van der Waals surface area contributed by atoms with Crippen molar-refractivity contribution in [2.45, 2.75) is 26.2 Å². The largest absolute Gasteiger partial charge is 0.455 e. The van der Waals surface area contributed by atoms with E-state index >= 15 is 0 Å². The van der Waals surface area contributed by atoms with Crippen molar-refractivity contribution in [1.29, 1.82) is 0 Å². The van der Waals surface area contributed by atoms with Gasteiger partial charge in [0.25, 0.3) is 11.8 Å². The fourth-order valence-corrected chi connectivity index (χ4v) is 5.07. The number of benzene rings is 1. The molecule has 0 atom stereocenters. The van der Waals surface area contributed by atoms with E-state index in [1.54, 1.807) is 29.3 Å². The van der Waals surface area contributed by atoms with Gasteiger partial charge < -0.3 is 14.2 Å². The van der Waals surface area contributed by atoms with Gasteiger partial charge in [0.15, 0.2) is 5.76 Å². The van der Waals surface area contributed by atoms with Crippen LogP contribution in [0.3, 0.4) is 0 Å². The molecule has 186 valence electrons. The summed E-state index contributed by atoms with van der Waals surface area (Å²) in [4.78, 5) is 33.6. The molecule has 1 fully saturated rings. The molecular formula is C26H25BrFN5O3. The standard InChI is InChI=1S/C26H25BrFN5O3/c1-16-23-20(30-31-25(34)17-13-18(27)15-29-14-17)6-4-8-22(23)36-24(16)26(35)33-11-9-32(10-12-33)21-7-3-2-5-19(21)28/h2-3,5,7,13-15H,4,6,8-12H2,1H3,(H,31,34)/b30-20+. The average molecular weight is 554 g/mol. The van der Waals surface area contributed by atoms with Gasteiger partial charge in [0, 0.05) is 60.6 Å². The van der Waals surface area contributed by atoms with Crippen LogP contribution in [0.5, 0.6) is 0 Å². The molecule has 10 heteroatoms. The van der Waals surface area contributed by atoms with Gasteiger partial charge in [-0.05, 0) is 53.9 Å². The number of anilines is 1. The molecule has 5 rings (SSSR count). The first kappa shape index (κ1) is 24.2. The molecule has 0 saturated carbocycles. The predicted molar refractivity (Wildman–Crippen MR) is 137 cm³/mol. The molecule has 2 amide bonds. The Morgan fingerprint density at radius 1 is 1.14 bits per heavy atom. The third-order valence-corrected chi connectivity index (χ3v) is 6.97. The molecule has 3 heterocycles. The fraction of sp³-hybridized carbons (Fsp3) is 0.308. The van der Waals surface area contributed by atoms with Gasteiger partial charge in [0.1, 0.15) is 11.6 Å². The molecule has 2 aromatic heterocycles. The second kappa shape index (κ2) is 10.2. The molecule has 1 aliphatic heterocycles. The Labute approximate surface area is 216 Å². The monoisotopic (exact) mass is 553 g/mol. The highest BCUT2D eigenvalue weighted by Crippen LogP contribution is 2.31. The van der Waals surface area contributed by atoms with Gasteiger partial charge in [-0.3, -0.25) is 14.6 Å². The van der Waals surface area contributed by atoms with Gasteiger partial charge >= 0.3 is 0 Å². The van der Waals surface area contributed by atoms with Crippen LogP contribution in [-0.4, -0.2) is 53.6 Å². The molecule has 2 aliphatic rings. The number of furan rings is 1. The number of halogens is 2. The van der Waals surface area contributed by atoms with E-state index in [9.17, 15) is 14.0 Å². The molecule has 0 bridgehead atoms.